The van der Waals surface area contributed by atoms with Crippen LogP contribution in [0.5, 0.6) is 5.75 Å². The highest BCUT2D eigenvalue weighted by atomic mass is 19.3. The highest BCUT2D eigenvalue weighted by Gasteiger charge is 2.32. The zero-order valence-corrected chi connectivity index (χ0v) is 18.8. The first kappa shape index (κ1) is 21.9. The van der Waals surface area contributed by atoms with Gasteiger partial charge in [0.25, 0.3) is 5.91 Å². The van der Waals surface area contributed by atoms with E-state index in [1.165, 1.54) is 42.0 Å². The van der Waals surface area contributed by atoms with E-state index in [1.807, 2.05) is 0 Å². The predicted molar refractivity (Wildman–Crippen MR) is 124 cm³/mol. The van der Waals surface area contributed by atoms with Crippen molar-refractivity contribution in [2.45, 2.75) is 12.6 Å². The Bertz CT molecular complexity index is 1660. The summed E-state index contributed by atoms with van der Waals surface area (Å²) in [4.78, 5) is 23.1. The molecule has 1 amide bonds. The zero-order chi connectivity index (χ0) is 25.1. The summed E-state index contributed by atoms with van der Waals surface area (Å²) in [6.07, 6.45) is 5.66. The van der Waals surface area contributed by atoms with Gasteiger partial charge in [-0.15, -0.1) is 0 Å². The zero-order valence-electron chi connectivity index (χ0n) is 18.8. The van der Waals surface area contributed by atoms with Crippen LogP contribution in [0.25, 0.3) is 27.7 Å². The number of likely N-dealkylation sites (N-methyl/N-ethyl adjacent to an activating group) is 1. The minimum absolute atomic E-state index is 0.129. The number of fused-ring (bicyclic) bond motifs is 4. The number of hydrogen-bond donors (Lipinski definition) is 1. The van der Waals surface area contributed by atoms with Gasteiger partial charge in [-0.25, -0.2) is 19.0 Å². The molecule has 0 fully saturated rings. The van der Waals surface area contributed by atoms with Gasteiger partial charge in [0.05, 0.1) is 41.4 Å². The molecule has 9 nitrogen and oxygen atoms in total. The Balaban J connectivity index is 1.32. The second kappa shape index (κ2) is 7.97. The van der Waals surface area contributed by atoms with Crippen molar-refractivity contribution in [3.05, 3.63) is 72.2 Å². The SMILES string of the molecule is CN(C(=O)c1cc2c(cc1F)nc(N)c1cncn12)[C@@H]1COc2cc(-c3cnn(C(F)F)c3)ccc21. The van der Waals surface area contributed by atoms with Crippen LogP contribution < -0.4 is 10.5 Å². The quantitative estimate of drug-likeness (QED) is 0.405. The Labute approximate surface area is 201 Å². The van der Waals surface area contributed by atoms with Gasteiger partial charge in [0.2, 0.25) is 0 Å². The number of carbonyl (C=O) groups excluding carboxylic acids is 1. The van der Waals surface area contributed by atoms with Crippen molar-refractivity contribution >= 4 is 28.3 Å². The van der Waals surface area contributed by atoms with Crippen molar-refractivity contribution in [2.24, 2.45) is 0 Å². The molecule has 36 heavy (non-hydrogen) atoms. The van der Waals surface area contributed by atoms with Crippen LogP contribution in [-0.2, 0) is 0 Å². The van der Waals surface area contributed by atoms with E-state index >= 15 is 4.39 Å². The van der Waals surface area contributed by atoms with Gasteiger partial charge in [-0.3, -0.25) is 9.20 Å². The maximum absolute atomic E-state index is 15.0. The number of aromatic nitrogens is 5. The molecule has 12 heteroatoms. The van der Waals surface area contributed by atoms with E-state index in [1.54, 1.807) is 29.6 Å². The van der Waals surface area contributed by atoms with Gasteiger partial charge in [-0.2, -0.15) is 13.9 Å². The third kappa shape index (κ3) is 3.33. The first-order valence-corrected chi connectivity index (χ1v) is 10.9. The molecule has 6 rings (SSSR count). The number of carbonyl (C=O) groups is 1. The first-order valence-electron chi connectivity index (χ1n) is 10.9. The fourth-order valence-corrected chi connectivity index (χ4v) is 4.48. The largest absolute Gasteiger partial charge is 0.491 e. The highest BCUT2D eigenvalue weighted by Crippen LogP contribution is 2.39. The lowest BCUT2D eigenvalue weighted by Crippen LogP contribution is -2.32. The fourth-order valence-electron chi connectivity index (χ4n) is 4.48. The highest BCUT2D eigenvalue weighted by molar-refractivity contribution is 5.98. The van der Waals surface area contributed by atoms with Crippen LogP contribution >= 0.6 is 0 Å². The van der Waals surface area contributed by atoms with Gasteiger partial charge in [0.15, 0.2) is 0 Å². The standard InChI is InChI=1S/C24H18F3N7O2/c1-32(20-10-36-21-4-12(2-3-14(20)21)13-7-30-34(9-13)24(26)27)23(35)15-5-18-17(6-16(15)25)31-22(28)19-8-29-11-33(18)19/h2-9,11,20,24H,10H2,1H3,(H2,28,31)/t20-/m1/s1. The summed E-state index contributed by atoms with van der Waals surface area (Å²) in [7, 11) is 1.57. The summed E-state index contributed by atoms with van der Waals surface area (Å²) in [5, 5.41) is 3.66. The minimum Gasteiger partial charge on any atom is -0.491 e. The molecule has 0 saturated heterocycles. The molecule has 0 saturated carbocycles. The second-order valence-electron chi connectivity index (χ2n) is 8.45. The van der Waals surface area contributed by atoms with Crippen LogP contribution in [0, 0.1) is 5.82 Å². The van der Waals surface area contributed by atoms with Gasteiger partial charge in [-0.05, 0) is 17.7 Å². The van der Waals surface area contributed by atoms with Gasteiger partial charge in [0.1, 0.15) is 29.5 Å². The smallest absolute Gasteiger partial charge is 0.333 e. The summed E-state index contributed by atoms with van der Waals surface area (Å²) in [6.45, 7) is -2.57. The van der Waals surface area contributed by atoms with Gasteiger partial charge in [-0.1, -0.05) is 12.1 Å². The van der Waals surface area contributed by atoms with Gasteiger partial charge < -0.3 is 15.4 Å². The molecule has 2 N–H and O–H groups in total. The van der Waals surface area contributed by atoms with Crippen molar-refractivity contribution in [1.29, 1.82) is 0 Å². The molecule has 1 atom stereocenters. The number of halogens is 3. The van der Waals surface area contributed by atoms with Crippen molar-refractivity contribution in [3.63, 3.8) is 0 Å². The summed E-state index contributed by atoms with van der Waals surface area (Å²) in [6, 6.07) is 7.36. The lowest BCUT2D eigenvalue weighted by atomic mass is 10.0. The number of imidazole rings is 1. The molecule has 2 aromatic carbocycles. The van der Waals surface area contributed by atoms with Gasteiger partial charge >= 0.3 is 6.55 Å². The second-order valence-corrected chi connectivity index (χ2v) is 8.45. The molecule has 0 radical (unpaired) electrons. The normalized spacial score (nSPS) is 15.0. The van der Waals surface area contributed by atoms with Crippen molar-refractivity contribution in [1.82, 2.24) is 29.0 Å². The fraction of sp³-hybridized carbons (Fsp3) is 0.167. The topological polar surface area (TPSA) is 104 Å². The van der Waals surface area contributed by atoms with Crippen LogP contribution in [0.15, 0.2) is 55.2 Å². The van der Waals surface area contributed by atoms with E-state index in [0.29, 0.717) is 38.1 Å². The summed E-state index contributed by atoms with van der Waals surface area (Å²) >= 11 is 0. The molecule has 5 aromatic rings. The van der Waals surface area contributed by atoms with E-state index in [9.17, 15) is 13.6 Å². The molecule has 0 unspecified atom stereocenters. The lowest BCUT2D eigenvalue weighted by molar-refractivity contribution is 0.0566. The monoisotopic (exact) mass is 493 g/mol. The number of hydrogen-bond acceptors (Lipinski definition) is 6. The molecule has 1 aliphatic rings. The maximum atomic E-state index is 15.0. The number of nitrogens with zero attached hydrogens (tertiary/aromatic N) is 6. The van der Waals surface area contributed by atoms with Crippen molar-refractivity contribution in [2.75, 3.05) is 19.4 Å². The number of ether oxygens (including phenoxy) is 1. The summed E-state index contributed by atoms with van der Waals surface area (Å²) in [5.74, 6) is -0.545. The maximum Gasteiger partial charge on any atom is 0.333 e. The van der Waals surface area contributed by atoms with Crippen LogP contribution in [0.4, 0.5) is 19.0 Å². The van der Waals surface area contributed by atoms with E-state index in [4.69, 9.17) is 10.5 Å². The predicted octanol–water partition coefficient (Wildman–Crippen LogP) is 4.07. The molecule has 4 heterocycles. The van der Waals surface area contributed by atoms with Crippen molar-refractivity contribution < 1.29 is 22.7 Å². The number of rotatable bonds is 4. The molecule has 0 aliphatic carbocycles. The molecule has 1 aliphatic heterocycles. The Morgan fingerprint density at radius 1 is 1.19 bits per heavy atom. The number of alkyl halides is 2. The number of benzene rings is 2. The molecule has 0 bridgehead atoms. The minimum atomic E-state index is -2.73. The Morgan fingerprint density at radius 2 is 2.03 bits per heavy atom. The third-order valence-electron chi connectivity index (χ3n) is 6.39. The number of nitrogen functional groups attached to an aromatic ring is 1. The summed E-state index contributed by atoms with van der Waals surface area (Å²) < 4.78 is 48.8. The van der Waals surface area contributed by atoms with Crippen LogP contribution in [0.2, 0.25) is 0 Å². The molecular weight excluding hydrogens is 475 g/mol. The van der Waals surface area contributed by atoms with Crippen LogP contribution in [0.1, 0.15) is 28.5 Å². The Morgan fingerprint density at radius 3 is 2.81 bits per heavy atom. The van der Waals surface area contributed by atoms with Crippen LogP contribution in [-0.4, -0.2) is 48.6 Å². The average molecular weight is 493 g/mol. The summed E-state index contributed by atoms with van der Waals surface area (Å²) in [5.41, 5.74) is 9.02. The molecular formula is C24H18F3N7O2. The van der Waals surface area contributed by atoms with Gasteiger partial charge in [0, 0.05) is 30.4 Å². The van der Waals surface area contributed by atoms with E-state index in [-0.39, 0.29) is 18.0 Å². The molecule has 3 aromatic heterocycles. The average Bonchev–Trinajstić information content (AvgIpc) is 3.62. The number of nitrogens with two attached hydrogens (primary N) is 1. The van der Waals surface area contributed by atoms with Crippen molar-refractivity contribution in [3.8, 4) is 16.9 Å². The third-order valence-corrected chi connectivity index (χ3v) is 6.39. The Hall–Kier alpha value is -4.61. The van der Waals surface area contributed by atoms with E-state index < -0.39 is 24.3 Å². The number of amides is 1. The number of anilines is 1. The first-order chi connectivity index (χ1) is 17.3. The Kier molecular flexibility index (Phi) is 4.85. The molecule has 182 valence electrons. The lowest BCUT2D eigenvalue weighted by Gasteiger charge is -2.24. The van der Waals surface area contributed by atoms with E-state index in [0.717, 1.165) is 5.56 Å². The van der Waals surface area contributed by atoms with Crippen LogP contribution in [0.3, 0.4) is 0 Å². The molecule has 0 spiro atoms. The van der Waals surface area contributed by atoms with E-state index in [2.05, 4.69) is 15.1 Å².